The molecule has 0 aromatic carbocycles. The van der Waals surface area contributed by atoms with Crippen LogP contribution in [0.5, 0.6) is 0 Å². The highest BCUT2D eigenvalue weighted by molar-refractivity contribution is 5.68. The van der Waals surface area contributed by atoms with Crippen LogP contribution in [0.15, 0.2) is 18.5 Å². The van der Waals surface area contributed by atoms with E-state index in [1.54, 1.807) is 0 Å². The van der Waals surface area contributed by atoms with E-state index in [2.05, 4.69) is 17.6 Å². The number of amides is 1. The van der Waals surface area contributed by atoms with E-state index in [4.69, 9.17) is 4.74 Å². The molecule has 1 N–H and O–H groups in total. The van der Waals surface area contributed by atoms with Gasteiger partial charge in [0.05, 0.1) is 0 Å². The smallest absolute Gasteiger partial charge is 0.410 e. The molecule has 124 valence electrons. The fourth-order valence-electron chi connectivity index (χ4n) is 2.82. The lowest BCUT2D eigenvalue weighted by Gasteiger charge is -2.36. The van der Waals surface area contributed by atoms with Crippen molar-refractivity contribution in [3.05, 3.63) is 24.0 Å². The fraction of sp³-hybridized carbons (Fsp3) is 0.706. The van der Waals surface area contributed by atoms with E-state index < -0.39 is 5.60 Å². The number of hydrogen-bond acceptors (Lipinski definition) is 3. The van der Waals surface area contributed by atoms with Crippen LogP contribution in [0, 0.1) is 0 Å². The van der Waals surface area contributed by atoms with Gasteiger partial charge in [-0.1, -0.05) is 0 Å². The van der Waals surface area contributed by atoms with Gasteiger partial charge >= 0.3 is 6.09 Å². The summed E-state index contributed by atoms with van der Waals surface area (Å²) in [6.07, 6.45) is 7.26. The number of aryl methyl sites for hydroxylation is 1. The van der Waals surface area contributed by atoms with E-state index in [1.807, 2.05) is 43.5 Å². The highest BCUT2D eigenvalue weighted by atomic mass is 16.6. The number of hydrogen-bond donors (Lipinski definition) is 1. The van der Waals surface area contributed by atoms with Crippen molar-refractivity contribution < 1.29 is 9.53 Å². The van der Waals surface area contributed by atoms with E-state index in [0.29, 0.717) is 0 Å². The third-order valence-corrected chi connectivity index (χ3v) is 3.86. The van der Waals surface area contributed by atoms with Crippen LogP contribution in [-0.4, -0.2) is 40.3 Å². The van der Waals surface area contributed by atoms with Gasteiger partial charge in [-0.25, -0.2) is 4.79 Å². The predicted octanol–water partition coefficient (Wildman–Crippen LogP) is 2.90. The first-order valence-corrected chi connectivity index (χ1v) is 8.16. The average molecular weight is 307 g/mol. The van der Waals surface area contributed by atoms with E-state index in [0.717, 1.165) is 32.5 Å². The number of piperidine rings is 1. The highest BCUT2D eigenvalue weighted by Gasteiger charge is 2.30. The Labute approximate surface area is 133 Å². The largest absolute Gasteiger partial charge is 0.444 e. The van der Waals surface area contributed by atoms with E-state index in [-0.39, 0.29) is 12.1 Å². The predicted molar refractivity (Wildman–Crippen MR) is 87.7 cm³/mol. The minimum atomic E-state index is -0.434. The van der Waals surface area contributed by atoms with Crippen LogP contribution in [0.25, 0.3) is 0 Å². The summed E-state index contributed by atoms with van der Waals surface area (Å²) in [5.74, 6) is 0. The minimum Gasteiger partial charge on any atom is -0.444 e. The molecule has 0 saturated carbocycles. The first kappa shape index (κ1) is 16.9. The van der Waals surface area contributed by atoms with Crippen molar-refractivity contribution in [2.45, 2.75) is 58.2 Å². The number of carbonyl (C=O) groups is 1. The highest BCUT2D eigenvalue weighted by Crippen LogP contribution is 2.20. The van der Waals surface area contributed by atoms with Crippen LogP contribution >= 0.6 is 0 Å². The Bertz CT molecular complexity index is 490. The first-order chi connectivity index (χ1) is 10.3. The molecule has 2 rings (SSSR count). The van der Waals surface area contributed by atoms with E-state index >= 15 is 0 Å². The molecule has 2 heterocycles. The van der Waals surface area contributed by atoms with Gasteiger partial charge in [-0.15, -0.1) is 0 Å². The molecule has 0 spiro atoms. The molecule has 0 bridgehead atoms. The molecule has 0 radical (unpaired) electrons. The standard InChI is InChI=1S/C17H29N3O2/c1-17(2,3)22-16(21)20-9-6-5-7-15(20)12-18-11-14-8-10-19(4)13-14/h8,10,13,15,18H,5-7,9,11-12H2,1-4H3. The summed E-state index contributed by atoms with van der Waals surface area (Å²) in [5, 5.41) is 3.47. The van der Waals surface area contributed by atoms with Crippen molar-refractivity contribution in [3.8, 4) is 0 Å². The van der Waals surface area contributed by atoms with Gasteiger partial charge in [-0.2, -0.15) is 0 Å². The third kappa shape index (κ3) is 5.05. The molecule has 1 aliphatic heterocycles. The molecule has 1 aromatic heterocycles. The van der Waals surface area contributed by atoms with Crippen molar-refractivity contribution in [1.29, 1.82) is 0 Å². The number of likely N-dealkylation sites (tertiary alicyclic amines) is 1. The van der Waals surface area contributed by atoms with Gasteiger partial charge < -0.3 is 19.5 Å². The Hall–Kier alpha value is -1.49. The molecular weight excluding hydrogens is 278 g/mol. The average Bonchev–Trinajstić information content (AvgIpc) is 2.83. The molecule has 1 amide bonds. The zero-order chi connectivity index (χ0) is 16.2. The number of aromatic nitrogens is 1. The summed E-state index contributed by atoms with van der Waals surface area (Å²) in [5.41, 5.74) is 0.832. The Morgan fingerprint density at radius 2 is 2.18 bits per heavy atom. The van der Waals surface area contributed by atoms with Crippen LogP contribution in [-0.2, 0) is 18.3 Å². The van der Waals surface area contributed by atoms with Gasteiger partial charge in [-0.3, -0.25) is 0 Å². The summed E-state index contributed by atoms with van der Waals surface area (Å²) in [6, 6.07) is 2.34. The van der Waals surface area contributed by atoms with Crippen LogP contribution < -0.4 is 5.32 Å². The van der Waals surface area contributed by atoms with Crippen LogP contribution in [0.1, 0.15) is 45.6 Å². The van der Waals surface area contributed by atoms with Crippen molar-refractivity contribution in [1.82, 2.24) is 14.8 Å². The first-order valence-electron chi connectivity index (χ1n) is 8.16. The molecular formula is C17H29N3O2. The Morgan fingerprint density at radius 1 is 1.41 bits per heavy atom. The Balaban J connectivity index is 1.85. The minimum absolute atomic E-state index is 0.182. The topological polar surface area (TPSA) is 46.5 Å². The summed E-state index contributed by atoms with van der Waals surface area (Å²) >= 11 is 0. The molecule has 1 saturated heterocycles. The summed E-state index contributed by atoms with van der Waals surface area (Å²) in [7, 11) is 2.02. The zero-order valence-corrected chi connectivity index (χ0v) is 14.3. The Morgan fingerprint density at radius 3 is 2.82 bits per heavy atom. The number of carbonyl (C=O) groups excluding carboxylic acids is 1. The maximum absolute atomic E-state index is 12.3. The molecule has 1 aliphatic rings. The van der Waals surface area contributed by atoms with Crippen LogP contribution in [0.2, 0.25) is 0 Å². The van der Waals surface area contributed by atoms with Crippen molar-refractivity contribution in [2.75, 3.05) is 13.1 Å². The van der Waals surface area contributed by atoms with Gasteiger partial charge in [0.25, 0.3) is 0 Å². The van der Waals surface area contributed by atoms with Gasteiger partial charge in [0, 0.05) is 45.1 Å². The molecule has 5 heteroatoms. The number of rotatable bonds is 4. The van der Waals surface area contributed by atoms with Crippen molar-refractivity contribution in [2.24, 2.45) is 7.05 Å². The maximum Gasteiger partial charge on any atom is 0.410 e. The second kappa shape index (κ2) is 7.18. The lowest BCUT2D eigenvalue weighted by molar-refractivity contribution is 0.00993. The summed E-state index contributed by atoms with van der Waals surface area (Å²) in [4.78, 5) is 14.2. The van der Waals surface area contributed by atoms with Gasteiger partial charge in [0.1, 0.15) is 5.60 Å². The normalized spacial score (nSPS) is 19.3. The summed E-state index contributed by atoms with van der Waals surface area (Å²) < 4.78 is 7.58. The molecule has 22 heavy (non-hydrogen) atoms. The van der Waals surface area contributed by atoms with Crippen molar-refractivity contribution >= 4 is 6.09 Å². The van der Waals surface area contributed by atoms with E-state index in [1.165, 1.54) is 12.0 Å². The van der Waals surface area contributed by atoms with Gasteiger partial charge in [-0.05, 0) is 51.7 Å². The SMILES string of the molecule is Cn1ccc(CNCC2CCCCN2C(=O)OC(C)(C)C)c1. The van der Waals surface area contributed by atoms with Gasteiger partial charge in [0.15, 0.2) is 0 Å². The van der Waals surface area contributed by atoms with Gasteiger partial charge in [0.2, 0.25) is 0 Å². The molecule has 1 fully saturated rings. The molecule has 1 atom stereocenters. The molecule has 1 aromatic rings. The maximum atomic E-state index is 12.3. The van der Waals surface area contributed by atoms with Crippen LogP contribution in [0.3, 0.4) is 0 Å². The third-order valence-electron chi connectivity index (χ3n) is 3.86. The lowest BCUT2D eigenvalue weighted by atomic mass is 10.0. The molecule has 1 unspecified atom stereocenters. The Kier molecular flexibility index (Phi) is 5.51. The number of nitrogens with zero attached hydrogens (tertiary/aromatic N) is 2. The molecule has 5 nitrogen and oxygen atoms in total. The summed E-state index contributed by atoms with van der Waals surface area (Å²) in [6.45, 7) is 8.19. The van der Waals surface area contributed by atoms with Crippen molar-refractivity contribution in [3.63, 3.8) is 0 Å². The monoisotopic (exact) mass is 307 g/mol. The number of ether oxygens (including phenoxy) is 1. The number of nitrogens with one attached hydrogen (secondary N) is 1. The van der Waals surface area contributed by atoms with E-state index in [9.17, 15) is 4.79 Å². The fourth-order valence-corrected chi connectivity index (χ4v) is 2.82. The quantitative estimate of drug-likeness (QED) is 0.930. The zero-order valence-electron chi connectivity index (χ0n) is 14.3. The van der Waals surface area contributed by atoms with Crippen LogP contribution in [0.4, 0.5) is 4.79 Å². The second-order valence-corrected chi connectivity index (χ2v) is 7.14. The second-order valence-electron chi connectivity index (χ2n) is 7.14. The lowest BCUT2D eigenvalue weighted by Crippen LogP contribution is -2.50. The molecule has 0 aliphatic carbocycles.